The molecular formula is C9H10OS. The molecule has 58 valence electrons. The van der Waals surface area contributed by atoms with Crippen molar-refractivity contribution in [1.82, 2.24) is 0 Å². The third kappa shape index (κ3) is 2.76. The molecule has 0 atom stereocenters. The largest absolute Gasteiger partial charge is 0.290 e. The summed E-state index contributed by atoms with van der Waals surface area (Å²) in [6.07, 6.45) is 11.0. The molecule has 0 N–H and O–H groups in total. The van der Waals surface area contributed by atoms with Gasteiger partial charge < -0.3 is 0 Å². The van der Waals surface area contributed by atoms with Gasteiger partial charge in [-0.05, 0) is 24.0 Å². The van der Waals surface area contributed by atoms with Gasteiger partial charge in [-0.15, -0.1) is 0 Å². The summed E-state index contributed by atoms with van der Waals surface area (Å²) >= 11 is 1.77. The highest BCUT2D eigenvalue weighted by molar-refractivity contribution is 7.98. The Morgan fingerprint density at radius 1 is 1.36 bits per heavy atom. The molecule has 0 bridgehead atoms. The molecule has 1 rings (SSSR count). The van der Waals surface area contributed by atoms with Crippen LogP contribution in [0.2, 0.25) is 0 Å². The number of thioether (sulfide) groups is 1. The van der Waals surface area contributed by atoms with Crippen molar-refractivity contribution in [3.8, 4) is 0 Å². The van der Waals surface area contributed by atoms with E-state index in [4.69, 9.17) is 0 Å². The summed E-state index contributed by atoms with van der Waals surface area (Å²) in [5.41, 5.74) is 1.12. The SMILES string of the molecule is CSCC=C1C=CC(=O)C=C1. The molecule has 0 aromatic heterocycles. The van der Waals surface area contributed by atoms with Crippen molar-refractivity contribution in [2.75, 3.05) is 12.0 Å². The first-order valence-electron chi connectivity index (χ1n) is 3.42. The average molecular weight is 166 g/mol. The van der Waals surface area contributed by atoms with Crippen molar-refractivity contribution in [1.29, 1.82) is 0 Å². The van der Waals surface area contributed by atoms with E-state index < -0.39 is 0 Å². The van der Waals surface area contributed by atoms with Crippen molar-refractivity contribution in [3.63, 3.8) is 0 Å². The second-order valence-electron chi connectivity index (χ2n) is 2.23. The van der Waals surface area contributed by atoms with Gasteiger partial charge in [-0.25, -0.2) is 0 Å². The zero-order valence-corrected chi connectivity index (χ0v) is 7.23. The summed E-state index contributed by atoms with van der Waals surface area (Å²) in [4.78, 5) is 10.7. The van der Waals surface area contributed by atoms with Gasteiger partial charge in [0.1, 0.15) is 0 Å². The summed E-state index contributed by atoms with van der Waals surface area (Å²) in [7, 11) is 0. The van der Waals surface area contributed by atoms with Crippen molar-refractivity contribution < 1.29 is 4.79 Å². The number of carbonyl (C=O) groups excluding carboxylic acids is 1. The molecule has 0 aromatic rings. The topological polar surface area (TPSA) is 17.1 Å². The molecule has 2 heteroatoms. The fourth-order valence-electron chi connectivity index (χ4n) is 0.783. The van der Waals surface area contributed by atoms with E-state index >= 15 is 0 Å². The second-order valence-corrected chi connectivity index (χ2v) is 3.14. The number of carbonyl (C=O) groups is 1. The Balaban J connectivity index is 2.57. The Hall–Kier alpha value is -0.760. The zero-order valence-electron chi connectivity index (χ0n) is 6.41. The number of hydrogen-bond donors (Lipinski definition) is 0. The summed E-state index contributed by atoms with van der Waals surface area (Å²) in [5, 5.41) is 0. The molecule has 0 radical (unpaired) electrons. The minimum atomic E-state index is 0.0753. The summed E-state index contributed by atoms with van der Waals surface area (Å²) in [5.74, 6) is 1.07. The van der Waals surface area contributed by atoms with Crippen LogP contribution in [0.1, 0.15) is 0 Å². The van der Waals surface area contributed by atoms with Gasteiger partial charge in [0.25, 0.3) is 0 Å². The monoisotopic (exact) mass is 166 g/mol. The van der Waals surface area contributed by atoms with Gasteiger partial charge >= 0.3 is 0 Å². The minimum Gasteiger partial charge on any atom is -0.290 e. The second kappa shape index (κ2) is 4.19. The third-order valence-corrected chi connectivity index (χ3v) is 1.87. The van der Waals surface area contributed by atoms with Gasteiger partial charge in [0.2, 0.25) is 0 Å². The molecule has 1 aliphatic rings. The van der Waals surface area contributed by atoms with Crippen LogP contribution in [0.4, 0.5) is 0 Å². The van der Waals surface area contributed by atoms with E-state index in [-0.39, 0.29) is 5.78 Å². The van der Waals surface area contributed by atoms with E-state index in [1.807, 2.05) is 12.2 Å². The highest BCUT2D eigenvalue weighted by Gasteiger charge is 1.96. The number of allylic oxidation sites excluding steroid dienone is 5. The number of hydrogen-bond acceptors (Lipinski definition) is 2. The molecule has 0 fully saturated rings. The molecule has 0 saturated carbocycles. The van der Waals surface area contributed by atoms with E-state index in [0.717, 1.165) is 11.3 Å². The maximum atomic E-state index is 10.7. The molecular weight excluding hydrogens is 156 g/mol. The molecule has 1 aliphatic carbocycles. The molecule has 0 spiro atoms. The highest BCUT2D eigenvalue weighted by atomic mass is 32.2. The normalized spacial score (nSPS) is 15.7. The lowest BCUT2D eigenvalue weighted by atomic mass is 10.1. The van der Waals surface area contributed by atoms with E-state index in [0.29, 0.717) is 0 Å². The molecule has 11 heavy (non-hydrogen) atoms. The van der Waals surface area contributed by atoms with Gasteiger partial charge in [-0.1, -0.05) is 18.2 Å². The lowest BCUT2D eigenvalue weighted by Crippen LogP contribution is -1.91. The maximum Gasteiger partial charge on any atom is 0.178 e. The first kappa shape index (κ1) is 8.34. The van der Waals surface area contributed by atoms with Crippen LogP contribution in [0, 0.1) is 0 Å². The first-order chi connectivity index (χ1) is 5.33. The van der Waals surface area contributed by atoms with Crippen LogP contribution in [-0.4, -0.2) is 17.8 Å². The minimum absolute atomic E-state index is 0.0753. The van der Waals surface area contributed by atoms with Crippen LogP contribution >= 0.6 is 11.8 Å². The van der Waals surface area contributed by atoms with E-state index in [1.54, 1.807) is 23.9 Å². The Kier molecular flexibility index (Phi) is 3.17. The maximum absolute atomic E-state index is 10.7. The van der Waals surface area contributed by atoms with Crippen molar-refractivity contribution in [2.45, 2.75) is 0 Å². The standard InChI is InChI=1S/C9H10OS/c1-11-7-6-8-2-4-9(10)5-3-8/h2-6H,7H2,1H3. The predicted octanol–water partition coefficient (Wildman–Crippen LogP) is 1.97. The molecule has 0 amide bonds. The Morgan fingerprint density at radius 2 is 2.00 bits per heavy atom. The molecule has 0 saturated heterocycles. The van der Waals surface area contributed by atoms with Crippen LogP contribution in [0.15, 0.2) is 36.0 Å². The van der Waals surface area contributed by atoms with Gasteiger partial charge in [-0.3, -0.25) is 4.79 Å². The highest BCUT2D eigenvalue weighted by Crippen LogP contribution is 2.07. The van der Waals surface area contributed by atoms with Crippen molar-refractivity contribution in [2.24, 2.45) is 0 Å². The quantitative estimate of drug-likeness (QED) is 0.624. The molecule has 0 aromatic carbocycles. The van der Waals surface area contributed by atoms with E-state index in [2.05, 4.69) is 12.3 Å². The average Bonchev–Trinajstić information content (AvgIpc) is 2.04. The fourth-order valence-corrected chi connectivity index (χ4v) is 1.14. The van der Waals surface area contributed by atoms with Crippen LogP contribution < -0.4 is 0 Å². The van der Waals surface area contributed by atoms with Gasteiger partial charge in [0, 0.05) is 5.75 Å². The lowest BCUT2D eigenvalue weighted by molar-refractivity contribution is -0.110. The van der Waals surface area contributed by atoms with Gasteiger partial charge in [0.15, 0.2) is 5.78 Å². The molecule has 1 nitrogen and oxygen atoms in total. The van der Waals surface area contributed by atoms with Crippen LogP contribution in [0.5, 0.6) is 0 Å². The fraction of sp³-hybridized carbons (Fsp3) is 0.222. The summed E-state index contributed by atoms with van der Waals surface area (Å²) < 4.78 is 0. The summed E-state index contributed by atoms with van der Waals surface area (Å²) in [6, 6.07) is 0. The van der Waals surface area contributed by atoms with E-state index in [9.17, 15) is 4.79 Å². The molecule has 0 heterocycles. The molecule has 0 aliphatic heterocycles. The lowest BCUT2D eigenvalue weighted by Gasteiger charge is -1.97. The molecule has 0 unspecified atom stereocenters. The Labute approximate surface area is 70.9 Å². The van der Waals surface area contributed by atoms with Gasteiger partial charge in [-0.2, -0.15) is 11.8 Å². The predicted molar refractivity (Wildman–Crippen MR) is 49.8 cm³/mol. The van der Waals surface area contributed by atoms with Gasteiger partial charge in [0.05, 0.1) is 0 Å². The van der Waals surface area contributed by atoms with Crippen molar-refractivity contribution in [3.05, 3.63) is 36.0 Å². The smallest absolute Gasteiger partial charge is 0.178 e. The Morgan fingerprint density at radius 3 is 2.55 bits per heavy atom. The third-order valence-electron chi connectivity index (χ3n) is 1.37. The number of ketones is 1. The van der Waals surface area contributed by atoms with E-state index in [1.165, 1.54) is 0 Å². The number of rotatable bonds is 2. The van der Waals surface area contributed by atoms with Crippen molar-refractivity contribution >= 4 is 17.5 Å². The summed E-state index contributed by atoms with van der Waals surface area (Å²) in [6.45, 7) is 0. The van der Waals surface area contributed by atoms with Crippen LogP contribution in [0.25, 0.3) is 0 Å². The van der Waals surface area contributed by atoms with Crippen LogP contribution in [0.3, 0.4) is 0 Å². The van der Waals surface area contributed by atoms with Crippen LogP contribution in [-0.2, 0) is 4.79 Å². The first-order valence-corrected chi connectivity index (χ1v) is 4.81. The Bertz CT molecular complexity index is 218. The zero-order chi connectivity index (χ0) is 8.10.